The average Bonchev–Trinajstić information content (AvgIpc) is 2.98. The van der Waals surface area contributed by atoms with Gasteiger partial charge in [0, 0.05) is 24.1 Å². The monoisotopic (exact) mass is 400 g/mol. The molecule has 1 N–H and O–H groups in total. The Morgan fingerprint density at radius 3 is 2.87 bits per heavy atom. The highest BCUT2D eigenvalue weighted by atomic mass is 79.9. The molecule has 3 rings (SSSR count). The van der Waals surface area contributed by atoms with Gasteiger partial charge in [0.25, 0.3) is 0 Å². The van der Waals surface area contributed by atoms with Crippen molar-refractivity contribution >= 4 is 28.3 Å². The zero-order valence-corrected chi connectivity index (χ0v) is 15.9. The molecule has 0 bridgehead atoms. The first-order valence-electron chi connectivity index (χ1n) is 7.49. The topological polar surface area (TPSA) is 54.2 Å². The zero-order chi connectivity index (χ0) is 15.7. The van der Waals surface area contributed by atoms with Crippen molar-refractivity contribution in [1.82, 2.24) is 20.4 Å². The van der Waals surface area contributed by atoms with Gasteiger partial charge >= 0.3 is 0 Å². The number of hydrogen-bond acceptors (Lipinski definition) is 5. The first-order valence-corrected chi connectivity index (χ1v) is 8.29. The number of aromatic nitrogens is 2. The summed E-state index contributed by atoms with van der Waals surface area (Å²) in [6, 6.07) is 8.39. The molecule has 0 amide bonds. The quantitative estimate of drug-likeness (QED) is 0.856. The van der Waals surface area contributed by atoms with Crippen LogP contribution in [0.4, 0.5) is 0 Å². The third kappa shape index (κ3) is 3.76. The molecule has 5 nitrogen and oxygen atoms in total. The molecule has 23 heavy (non-hydrogen) atoms. The van der Waals surface area contributed by atoms with E-state index in [1.807, 2.05) is 12.1 Å². The van der Waals surface area contributed by atoms with Crippen molar-refractivity contribution in [2.75, 3.05) is 26.7 Å². The van der Waals surface area contributed by atoms with Crippen molar-refractivity contribution in [1.29, 1.82) is 0 Å². The normalized spacial score (nSPS) is 19.4. The van der Waals surface area contributed by atoms with Crippen LogP contribution in [-0.4, -0.2) is 41.7 Å². The molecule has 1 atom stereocenters. The van der Waals surface area contributed by atoms with E-state index in [9.17, 15) is 0 Å². The molecule has 0 radical (unpaired) electrons. The summed E-state index contributed by atoms with van der Waals surface area (Å²) in [5.41, 5.74) is 0.822. The molecule has 1 aromatic carbocycles. The second kappa shape index (κ2) is 7.30. The summed E-state index contributed by atoms with van der Waals surface area (Å²) in [5, 5.41) is 7.61. The van der Waals surface area contributed by atoms with E-state index in [4.69, 9.17) is 4.52 Å². The van der Waals surface area contributed by atoms with Gasteiger partial charge in [-0.3, -0.25) is 4.90 Å². The maximum absolute atomic E-state index is 5.59. The lowest BCUT2D eigenvalue weighted by Gasteiger charge is -2.30. The zero-order valence-electron chi connectivity index (χ0n) is 13.5. The molecule has 1 unspecified atom stereocenters. The van der Waals surface area contributed by atoms with E-state index < -0.39 is 0 Å². The Bertz CT molecular complexity index is 661. The van der Waals surface area contributed by atoms with Crippen LogP contribution in [0.25, 0.3) is 0 Å². The first-order chi connectivity index (χ1) is 10.5. The highest BCUT2D eigenvalue weighted by Crippen LogP contribution is 2.32. The second-order valence-corrected chi connectivity index (χ2v) is 7.21. The highest BCUT2D eigenvalue weighted by molar-refractivity contribution is 9.10. The molecule has 1 aromatic heterocycles. The van der Waals surface area contributed by atoms with Crippen LogP contribution in [0.15, 0.2) is 33.3 Å². The lowest BCUT2D eigenvalue weighted by Crippen LogP contribution is -2.44. The SMILES string of the molecule is CN1CCNCC1c1noc(C(C)(C)c2cccc(Br)c2)n1.Cl. The van der Waals surface area contributed by atoms with E-state index in [1.165, 1.54) is 0 Å². The fraction of sp³-hybridized carbons (Fsp3) is 0.500. The Morgan fingerprint density at radius 1 is 1.39 bits per heavy atom. The predicted octanol–water partition coefficient (Wildman–Crippen LogP) is 3.16. The van der Waals surface area contributed by atoms with Gasteiger partial charge in [-0.05, 0) is 38.6 Å². The Hall–Kier alpha value is -0.950. The standard InChI is InChI=1S/C16H21BrN4O.ClH/c1-16(2,11-5-4-6-12(17)9-11)15-19-14(20-22-15)13-10-18-7-8-21(13)3;/h4-6,9,13,18H,7-8,10H2,1-3H3;1H. The van der Waals surface area contributed by atoms with Crippen LogP contribution < -0.4 is 5.32 Å². The van der Waals surface area contributed by atoms with Crippen molar-refractivity contribution < 1.29 is 4.52 Å². The Morgan fingerprint density at radius 2 is 2.17 bits per heavy atom. The van der Waals surface area contributed by atoms with E-state index >= 15 is 0 Å². The van der Waals surface area contributed by atoms with Gasteiger partial charge in [0.2, 0.25) is 5.89 Å². The van der Waals surface area contributed by atoms with Gasteiger partial charge in [0.1, 0.15) is 0 Å². The van der Waals surface area contributed by atoms with E-state index in [0.717, 1.165) is 35.5 Å². The summed E-state index contributed by atoms with van der Waals surface area (Å²) in [6.07, 6.45) is 0. The smallest absolute Gasteiger partial charge is 0.236 e. The Kier molecular flexibility index (Phi) is 5.84. The number of nitrogens with one attached hydrogen (secondary N) is 1. The van der Waals surface area contributed by atoms with Gasteiger partial charge in [-0.2, -0.15) is 4.98 Å². The number of rotatable bonds is 3. The summed E-state index contributed by atoms with van der Waals surface area (Å²) in [6.45, 7) is 7.06. The summed E-state index contributed by atoms with van der Waals surface area (Å²) in [5.74, 6) is 1.41. The Balaban J connectivity index is 0.00000192. The van der Waals surface area contributed by atoms with Gasteiger partial charge in [-0.15, -0.1) is 12.4 Å². The third-order valence-electron chi connectivity index (χ3n) is 4.33. The summed E-state index contributed by atoms with van der Waals surface area (Å²) in [4.78, 5) is 6.95. The van der Waals surface area contributed by atoms with Gasteiger partial charge in [-0.25, -0.2) is 0 Å². The molecule has 1 aliphatic heterocycles. The third-order valence-corrected chi connectivity index (χ3v) is 4.83. The largest absolute Gasteiger partial charge is 0.338 e. The maximum Gasteiger partial charge on any atom is 0.236 e. The number of piperazine rings is 1. The van der Waals surface area contributed by atoms with Crippen LogP contribution in [0.3, 0.4) is 0 Å². The van der Waals surface area contributed by atoms with E-state index in [1.54, 1.807) is 0 Å². The number of likely N-dealkylation sites (N-methyl/N-ethyl adjacent to an activating group) is 1. The minimum absolute atomic E-state index is 0. The van der Waals surface area contributed by atoms with Crippen molar-refractivity contribution in [3.8, 4) is 0 Å². The van der Waals surface area contributed by atoms with Crippen LogP contribution >= 0.6 is 28.3 Å². The predicted molar refractivity (Wildman–Crippen MR) is 96.1 cm³/mol. The highest BCUT2D eigenvalue weighted by Gasteiger charge is 2.32. The molecular weight excluding hydrogens is 380 g/mol. The molecule has 7 heteroatoms. The minimum atomic E-state index is -0.324. The number of nitrogens with zero attached hydrogens (tertiary/aromatic N) is 3. The lowest BCUT2D eigenvalue weighted by atomic mass is 9.84. The van der Waals surface area contributed by atoms with Gasteiger partial charge in [0.05, 0.1) is 11.5 Å². The summed E-state index contributed by atoms with van der Waals surface area (Å²) in [7, 11) is 2.10. The summed E-state index contributed by atoms with van der Waals surface area (Å²) >= 11 is 3.52. The van der Waals surface area contributed by atoms with Crippen LogP contribution in [0.5, 0.6) is 0 Å². The van der Waals surface area contributed by atoms with Crippen molar-refractivity contribution in [3.05, 3.63) is 46.0 Å². The van der Waals surface area contributed by atoms with E-state index in [2.05, 4.69) is 69.3 Å². The number of hydrogen-bond donors (Lipinski definition) is 1. The maximum atomic E-state index is 5.59. The first kappa shape index (κ1) is 18.4. The number of halogens is 2. The Labute approximate surface area is 151 Å². The number of benzene rings is 1. The molecule has 0 spiro atoms. The van der Waals surface area contributed by atoms with Crippen molar-refractivity contribution in [2.45, 2.75) is 25.3 Å². The van der Waals surface area contributed by atoms with Crippen LogP contribution in [-0.2, 0) is 5.41 Å². The van der Waals surface area contributed by atoms with E-state index in [0.29, 0.717) is 5.89 Å². The van der Waals surface area contributed by atoms with Crippen LogP contribution in [0.1, 0.15) is 37.2 Å². The molecule has 2 heterocycles. The van der Waals surface area contributed by atoms with Crippen LogP contribution in [0, 0.1) is 0 Å². The fourth-order valence-electron chi connectivity index (χ4n) is 2.72. The molecule has 1 fully saturated rings. The molecule has 2 aromatic rings. The van der Waals surface area contributed by atoms with Crippen molar-refractivity contribution in [2.24, 2.45) is 0 Å². The average molecular weight is 402 g/mol. The van der Waals surface area contributed by atoms with Gasteiger partial charge in [-0.1, -0.05) is 33.2 Å². The molecular formula is C16H22BrClN4O. The summed E-state index contributed by atoms with van der Waals surface area (Å²) < 4.78 is 6.64. The molecule has 126 valence electrons. The van der Waals surface area contributed by atoms with Crippen molar-refractivity contribution in [3.63, 3.8) is 0 Å². The van der Waals surface area contributed by atoms with E-state index in [-0.39, 0.29) is 23.9 Å². The second-order valence-electron chi connectivity index (χ2n) is 6.29. The molecule has 1 saturated heterocycles. The van der Waals surface area contributed by atoms with Crippen LogP contribution in [0.2, 0.25) is 0 Å². The lowest BCUT2D eigenvalue weighted by molar-refractivity contribution is 0.190. The van der Waals surface area contributed by atoms with Gasteiger partial charge < -0.3 is 9.84 Å². The fourth-order valence-corrected chi connectivity index (χ4v) is 3.12. The molecule has 1 aliphatic rings. The minimum Gasteiger partial charge on any atom is -0.338 e. The molecule has 0 aliphatic carbocycles. The molecule has 0 saturated carbocycles. The van der Waals surface area contributed by atoms with Gasteiger partial charge in [0.15, 0.2) is 5.82 Å².